The van der Waals surface area contributed by atoms with Crippen molar-refractivity contribution in [3.8, 4) is 5.69 Å². The number of oxime groups is 1. The number of carboxylic acids is 1. The Morgan fingerprint density at radius 1 is 1.09 bits per heavy atom. The summed E-state index contributed by atoms with van der Waals surface area (Å²) < 4.78 is 16.3. The van der Waals surface area contributed by atoms with Gasteiger partial charge in [0.1, 0.15) is 18.2 Å². The molecule has 4 aromatic rings. The van der Waals surface area contributed by atoms with Crippen LogP contribution in [0.3, 0.4) is 0 Å². The number of rotatable bonds is 7. The summed E-state index contributed by atoms with van der Waals surface area (Å²) in [6.45, 7) is 1.99. The summed E-state index contributed by atoms with van der Waals surface area (Å²) in [7, 11) is 0. The summed E-state index contributed by atoms with van der Waals surface area (Å²) in [6.07, 6.45) is 0.956. The number of ketones is 1. The van der Waals surface area contributed by atoms with Crippen molar-refractivity contribution in [1.82, 2.24) is 19.7 Å². The van der Waals surface area contributed by atoms with Crippen molar-refractivity contribution < 1.29 is 28.7 Å². The SMILES string of the molecule is Cc1ncn(-c2cccc3c2CCN(C(=O)[C@H]2CC(c4cccc(Cl)c4F)=NO2)[C@@H]3C(=O)Cc2ccc(C(=O)O)cc2)n1. The molecule has 0 saturated heterocycles. The molecule has 2 atom stereocenters. The number of carbonyl (C=O) groups is 3. The van der Waals surface area contributed by atoms with Gasteiger partial charge in [-0.25, -0.2) is 18.9 Å². The normalized spacial score (nSPS) is 17.7. The Labute approximate surface area is 250 Å². The van der Waals surface area contributed by atoms with E-state index in [1.54, 1.807) is 42.2 Å². The number of aryl methyl sites for hydroxylation is 1. The van der Waals surface area contributed by atoms with Crippen LogP contribution in [0.1, 0.15) is 50.9 Å². The van der Waals surface area contributed by atoms with E-state index in [9.17, 15) is 23.9 Å². The molecule has 10 nitrogen and oxygen atoms in total. The Morgan fingerprint density at radius 3 is 2.58 bits per heavy atom. The minimum atomic E-state index is -1.07. The lowest BCUT2D eigenvalue weighted by atomic mass is 9.86. The molecule has 2 aliphatic heterocycles. The Hall–Kier alpha value is -4.90. The van der Waals surface area contributed by atoms with Gasteiger partial charge in [0, 0.05) is 24.9 Å². The zero-order valence-electron chi connectivity index (χ0n) is 22.9. The van der Waals surface area contributed by atoms with E-state index in [0.29, 0.717) is 23.4 Å². The van der Waals surface area contributed by atoms with Crippen molar-refractivity contribution in [2.45, 2.75) is 38.3 Å². The summed E-state index contributed by atoms with van der Waals surface area (Å²) in [5, 5.41) is 17.6. The fourth-order valence-corrected chi connectivity index (χ4v) is 5.73. The van der Waals surface area contributed by atoms with Crippen LogP contribution in [-0.2, 0) is 27.3 Å². The molecule has 0 spiro atoms. The van der Waals surface area contributed by atoms with Gasteiger partial charge >= 0.3 is 5.97 Å². The summed E-state index contributed by atoms with van der Waals surface area (Å²) >= 11 is 5.94. The van der Waals surface area contributed by atoms with E-state index < -0.39 is 29.8 Å². The van der Waals surface area contributed by atoms with Crippen LogP contribution in [0, 0.1) is 12.7 Å². The third-order valence-corrected chi connectivity index (χ3v) is 7.92. The largest absolute Gasteiger partial charge is 0.478 e. The third kappa shape index (κ3) is 5.39. The van der Waals surface area contributed by atoms with Crippen LogP contribution < -0.4 is 0 Å². The fraction of sp³-hybridized carbons (Fsp3) is 0.226. The van der Waals surface area contributed by atoms with Gasteiger partial charge in [0.05, 0.1) is 22.0 Å². The zero-order chi connectivity index (χ0) is 30.2. The lowest BCUT2D eigenvalue weighted by Gasteiger charge is -2.38. The molecule has 0 bridgehead atoms. The first-order valence-corrected chi connectivity index (χ1v) is 13.9. The number of benzene rings is 3. The van der Waals surface area contributed by atoms with Crippen LogP contribution in [0.5, 0.6) is 0 Å². The Bertz CT molecular complexity index is 1790. The van der Waals surface area contributed by atoms with Crippen molar-refractivity contribution in [1.29, 1.82) is 0 Å². The van der Waals surface area contributed by atoms with Crippen molar-refractivity contribution in [3.05, 3.63) is 111 Å². The Morgan fingerprint density at radius 2 is 1.86 bits per heavy atom. The summed E-state index contributed by atoms with van der Waals surface area (Å²) in [6, 6.07) is 15.1. The number of hydrogen-bond donors (Lipinski definition) is 1. The van der Waals surface area contributed by atoms with E-state index in [1.165, 1.54) is 29.2 Å². The molecule has 6 rings (SSSR count). The molecule has 12 heteroatoms. The number of amides is 1. The molecule has 1 amide bonds. The highest BCUT2D eigenvalue weighted by molar-refractivity contribution is 6.31. The van der Waals surface area contributed by atoms with Gasteiger partial charge < -0.3 is 14.8 Å². The number of aromatic nitrogens is 3. The highest BCUT2D eigenvalue weighted by atomic mass is 35.5. The molecule has 3 heterocycles. The summed E-state index contributed by atoms with van der Waals surface area (Å²) in [4.78, 5) is 50.5. The topological polar surface area (TPSA) is 127 Å². The van der Waals surface area contributed by atoms with E-state index in [0.717, 1.165) is 11.3 Å². The lowest BCUT2D eigenvalue weighted by Crippen LogP contribution is -2.48. The maximum Gasteiger partial charge on any atom is 0.335 e. The molecule has 0 aliphatic carbocycles. The fourth-order valence-electron chi connectivity index (χ4n) is 5.55. The van der Waals surface area contributed by atoms with Gasteiger partial charge in [0.25, 0.3) is 5.91 Å². The zero-order valence-corrected chi connectivity index (χ0v) is 23.7. The molecule has 218 valence electrons. The quantitative estimate of drug-likeness (QED) is 0.330. The molecule has 3 aromatic carbocycles. The predicted octanol–water partition coefficient (Wildman–Crippen LogP) is 4.50. The number of carboxylic acid groups (broad SMARTS) is 1. The standard InChI is InChI=1S/C31H25ClFN5O5/c1-17-34-16-38(35-17)25-7-3-4-21-20(25)12-13-37(29(21)26(39)14-18-8-10-19(11-9-18)31(41)42)30(40)27-15-24(36-43-27)22-5-2-6-23(32)28(22)33/h2-11,16,27,29H,12-15H2,1H3,(H,41,42)/t27-,29+/m1/s1. The van der Waals surface area contributed by atoms with Crippen LogP contribution >= 0.6 is 11.6 Å². The van der Waals surface area contributed by atoms with Crippen LogP contribution in [-0.4, -0.2) is 60.8 Å². The number of halogens is 2. The van der Waals surface area contributed by atoms with Crippen molar-refractivity contribution in [3.63, 3.8) is 0 Å². The Balaban J connectivity index is 1.32. The molecular weight excluding hydrogens is 577 g/mol. The molecule has 0 unspecified atom stereocenters. The highest BCUT2D eigenvalue weighted by Crippen LogP contribution is 2.36. The van der Waals surface area contributed by atoms with E-state index in [4.69, 9.17) is 16.4 Å². The third-order valence-electron chi connectivity index (χ3n) is 7.62. The molecule has 0 radical (unpaired) electrons. The van der Waals surface area contributed by atoms with E-state index in [2.05, 4.69) is 15.2 Å². The molecule has 0 fully saturated rings. The van der Waals surface area contributed by atoms with E-state index in [1.807, 2.05) is 12.1 Å². The molecule has 0 saturated carbocycles. The van der Waals surface area contributed by atoms with Gasteiger partial charge in [-0.3, -0.25) is 9.59 Å². The summed E-state index contributed by atoms with van der Waals surface area (Å²) in [5.41, 5.74) is 3.38. The van der Waals surface area contributed by atoms with Crippen LogP contribution in [0.25, 0.3) is 5.69 Å². The van der Waals surface area contributed by atoms with Crippen LogP contribution in [0.4, 0.5) is 4.39 Å². The molecule has 2 aliphatic rings. The number of carbonyl (C=O) groups excluding carboxylic acids is 2. The predicted molar refractivity (Wildman–Crippen MR) is 154 cm³/mol. The second-order valence-corrected chi connectivity index (χ2v) is 10.8. The average Bonchev–Trinajstić information content (AvgIpc) is 3.67. The first-order valence-electron chi connectivity index (χ1n) is 13.5. The maximum absolute atomic E-state index is 14.7. The molecular formula is C31H25ClFN5O5. The number of fused-ring (bicyclic) bond motifs is 1. The van der Waals surface area contributed by atoms with Crippen LogP contribution in [0.15, 0.2) is 72.1 Å². The number of Topliss-reactive ketones (excluding diaryl/α,β-unsaturated/α-hetero) is 1. The van der Waals surface area contributed by atoms with Crippen molar-refractivity contribution in [2.75, 3.05) is 6.54 Å². The van der Waals surface area contributed by atoms with Gasteiger partial charge in [-0.2, -0.15) is 5.10 Å². The average molecular weight is 602 g/mol. The van der Waals surface area contributed by atoms with Crippen LogP contribution in [0.2, 0.25) is 5.02 Å². The molecule has 1 aromatic heterocycles. The Kier molecular flexibility index (Phi) is 7.49. The lowest BCUT2D eigenvalue weighted by molar-refractivity contribution is -0.149. The number of hydrogen-bond acceptors (Lipinski definition) is 7. The van der Waals surface area contributed by atoms with Gasteiger partial charge in [-0.15, -0.1) is 0 Å². The number of aromatic carboxylic acids is 1. The molecule has 1 N–H and O–H groups in total. The molecule has 43 heavy (non-hydrogen) atoms. The second kappa shape index (κ2) is 11.4. The van der Waals surface area contributed by atoms with E-state index in [-0.39, 0.29) is 47.0 Å². The van der Waals surface area contributed by atoms with Gasteiger partial charge in [-0.1, -0.05) is 47.1 Å². The van der Waals surface area contributed by atoms with Crippen molar-refractivity contribution >= 4 is 35.0 Å². The minimum Gasteiger partial charge on any atom is -0.478 e. The summed E-state index contributed by atoms with van der Waals surface area (Å²) in [5.74, 6) is -1.84. The second-order valence-electron chi connectivity index (χ2n) is 10.3. The highest BCUT2D eigenvalue weighted by Gasteiger charge is 2.42. The number of nitrogens with zero attached hydrogens (tertiary/aromatic N) is 5. The van der Waals surface area contributed by atoms with Crippen molar-refractivity contribution in [2.24, 2.45) is 5.16 Å². The smallest absolute Gasteiger partial charge is 0.335 e. The van der Waals surface area contributed by atoms with Gasteiger partial charge in [0.2, 0.25) is 6.10 Å². The minimum absolute atomic E-state index is 0.00921. The first kappa shape index (κ1) is 28.2. The maximum atomic E-state index is 14.7. The van der Waals surface area contributed by atoms with Gasteiger partial charge in [-0.05, 0) is 60.4 Å². The first-order chi connectivity index (χ1) is 20.7. The van der Waals surface area contributed by atoms with E-state index >= 15 is 0 Å². The van der Waals surface area contributed by atoms with Gasteiger partial charge in [0.15, 0.2) is 11.6 Å². The monoisotopic (exact) mass is 601 g/mol.